The molecule has 1 amide bonds. The lowest BCUT2D eigenvalue weighted by molar-refractivity contribution is 0.102. The second-order valence-corrected chi connectivity index (χ2v) is 4.10. The Kier molecular flexibility index (Phi) is 3.46. The molecule has 0 unspecified atom stereocenters. The molecule has 5 heteroatoms. The van der Waals surface area contributed by atoms with E-state index in [1.165, 1.54) is 24.3 Å². The molecule has 0 fully saturated rings. The van der Waals surface area contributed by atoms with E-state index in [2.05, 4.69) is 5.32 Å². The Balaban J connectivity index is 2.26. The Labute approximate surface area is 109 Å². The molecule has 0 radical (unpaired) electrons. The number of benzene rings is 2. The van der Waals surface area contributed by atoms with E-state index < -0.39 is 17.5 Å². The van der Waals surface area contributed by atoms with Crippen LogP contribution in [0.4, 0.5) is 20.2 Å². The molecule has 19 heavy (non-hydrogen) atoms. The van der Waals surface area contributed by atoms with Crippen LogP contribution in [0.3, 0.4) is 0 Å². The Bertz CT molecular complexity index is 641. The summed E-state index contributed by atoms with van der Waals surface area (Å²) in [6.45, 7) is 1.56. The van der Waals surface area contributed by atoms with Gasteiger partial charge >= 0.3 is 0 Å². The van der Waals surface area contributed by atoms with Gasteiger partial charge in [0.25, 0.3) is 5.91 Å². The molecule has 0 saturated heterocycles. The average Bonchev–Trinajstić information content (AvgIpc) is 2.38. The van der Waals surface area contributed by atoms with Crippen LogP contribution in [-0.4, -0.2) is 5.91 Å². The first-order valence-electron chi connectivity index (χ1n) is 5.60. The standard InChI is InChI=1S/C14H12F2N2O/c1-8-10(15)3-2-4-13(8)18-14(19)9-5-6-11(16)12(17)7-9/h2-7H,17H2,1H3,(H,18,19). The van der Waals surface area contributed by atoms with E-state index in [9.17, 15) is 13.6 Å². The second-order valence-electron chi connectivity index (χ2n) is 4.10. The number of halogens is 2. The minimum Gasteiger partial charge on any atom is -0.396 e. The first-order chi connectivity index (χ1) is 8.99. The lowest BCUT2D eigenvalue weighted by atomic mass is 10.1. The van der Waals surface area contributed by atoms with Gasteiger partial charge in [-0.1, -0.05) is 6.07 Å². The highest BCUT2D eigenvalue weighted by molar-refractivity contribution is 6.05. The number of anilines is 2. The number of nitrogen functional groups attached to an aromatic ring is 1. The molecule has 0 heterocycles. The van der Waals surface area contributed by atoms with Crippen molar-refractivity contribution in [2.45, 2.75) is 6.92 Å². The number of amides is 1. The zero-order valence-electron chi connectivity index (χ0n) is 10.2. The van der Waals surface area contributed by atoms with E-state index in [4.69, 9.17) is 5.73 Å². The molecule has 3 nitrogen and oxygen atoms in total. The molecular weight excluding hydrogens is 250 g/mol. The fraction of sp³-hybridized carbons (Fsp3) is 0.0714. The highest BCUT2D eigenvalue weighted by atomic mass is 19.1. The van der Waals surface area contributed by atoms with Crippen LogP contribution in [0, 0.1) is 18.6 Å². The lowest BCUT2D eigenvalue weighted by Crippen LogP contribution is -2.13. The molecule has 3 N–H and O–H groups in total. The molecule has 2 rings (SSSR count). The predicted octanol–water partition coefficient (Wildman–Crippen LogP) is 3.11. The van der Waals surface area contributed by atoms with Gasteiger partial charge < -0.3 is 11.1 Å². The summed E-state index contributed by atoms with van der Waals surface area (Å²) in [5, 5.41) is 2.56. The summed E-state index contributed by atoms with van der Waals surface area (Å²) in [6.07, 6.45) is 0. The largest absolute Gasteiger partial charge is 0.396 e. The summed E-state index contributed by atoms with van der Waals surface area (Å²) in [7, 11) is 0. The van der Waals surface area contributed by atoms with Gasteiger partial charge in [0.15, 0.2) is 0 Å². The molecule has 0 atom stereocenters. The fourth-order valence-electron chi connectivity index (χ4n) is 1.62. The van der Waals surface area contributed by atoms with Crippen LogP contribution >= 0.6 is 0 Å². The van der Waals surface area contributed by atoms with Gasteiger partial charge in [0, 0.05) is 16.8 Å². The van der Waals surface area contributed by atoms with Gasteiger partial charge in [-0.05, 0) is 37.3 Å². The molecule has 0 spiro atoms. The van der Waals surface area contributed by atoms with Crippen molar-refractivity contribution in [1.82, 2.24) is 0 Å². The number of nitrogens with two attached hydrogens (primary N) is 1. The smallest absolute Gasteiger partial charge is 0.255 e. The van der Waals surface area contributed by atoms with Crippen molar-refractivity contribution < 1.29 is 13.6 Å². The molecule has 0 aromatic heterocycles. The Hall–Kier alpha value is -2.43. The van der Waals surface area contributed by atoms with Crippen LogP contribution < -0.4 is 11.1 Å². The SMILES string of the molecule is Cc1c(F)cccc1NC(=O)c1ccc(F)c(N)c1. The summed E-state index contributed by atoms with van der Waals surface area (Å²) in [5.74, 6) is -1.46. The van der Waals surface area contributed by atoms with Crippen LogP contribution in [-0.2, 0) is 0 Å². The molecule has 0 saturated carbocycles. The number of nitrogens with one attached hydrogen (secondary N) is 1. The van der Waals surface area contributed by atoms with Gasteiger partial charge in [-0.2, -0.15) is 0 Å². The van der Waals surface area contributed by atoms with E-state index in [1.54, 1.807) is 13.0 Å². The number of carbonyl (C=O) groups excluding carboxylic acids is 1. The fourth-order valence-corrected chi connectivity index (χ4v) is 1.62. The van der Waals surface area contributed by atoms with Crippen molar-refractivity contribution in [2.75, 3.05) is 11.1 Å². The maximum Gasteiger partial charge on any atom is 0.255 e. The molecule has 0 aliphatic heterocycles. The summed E-state index contributed by atoms with van der Waals surface area (Å²) >= 11 is 0. The average molecular weight is 262 g/mol. The zero-order chi connectivity index (χ0) is 14.0. The minimum absolute atomic E-state index is 0.108. The van der Waals surface area contributed by atoms with Gasteiger partial charge in [-0.15, -0.1) is 0 Å². The number of rotatable bonds is 2. The van der Waals surface area contributed by atoms with Crippen molar-refractivity contribution in [2.24, 2.45) is 0 Å². The van der Waals surface area contributed by atoms with E-state index >= 15 is 0 Å². The third-order valence-corrected chi connectivity index (χ3v) is 2.77. The summed E-state index contributed by atoms with van der Waals surface area (Å²) in [5.41, 5.74) is 6.20. The van der Waals surface area contributed by atoms with Crippen LogP contribution in [0.2, 0.25) is 0 Å². The van der Waals surface area contributed by atoms with E-state index in [-0.39, 0.29) is 11.3 Å². The topological polar surface area (TPSA) is 55.1 Å². The molecule has 2 aromatic rings. The Morgan fingerprint density at radius 3 is 2.58 bits per heavy atom. The predicted molar refractivity (Wildman–Crippen MR) is 69.9 cm³/mol. The number of hydrogen-bond donors (Lipinski definition) is 2. The molecule has 0 aliphatic rings. The van der Waals surface area contributed by atoms with Gasteiger partial charge in [-0.25, -0.2) is 8.78 Å². The van der Waals surface area contributed by atoms with Crippen molar-refractivity contribution >= 4 is 17.3 Å². The third kappa shape index (κ3) is 2.70. The first-order valence-corrected chi connectivity index (χ1v) is 5.60. The van der Waals surface area contributed by atoms with Crippen molar-refractivity contribution in [3.05, 3.63) is 59.2 Å². The van der Waals surface area contributed by atoms with E-state index in [0.29, 0.717) is 11.3 Å². The number of hydrogen-bond acceptors (Lipinski definition) is 2. The van der Waals surface area contributed by atoms with Gasteiger partial charge in [-0.3, -0.25) is 4.79 Å². The van der Waals surface area contributed by atoms with Crippen molar-refractivity contribution in [1.29, 1.82) is 0 Å². The lowest BCUT2D eigenvalue weighted by Gasteiger charge is -2.09. The van der Waals surface area contributed by atoms with Gasteiger partial charge in [0.05, 0.1) is 5.69 Å². The van der Waals surface area contributed by atoms with Crippen LogP contribution in [0.15, 0.2) is 36.4 Å². The van der Waals surface area contributed by atoms with Crippen LogP contribution in [0.1, 0.15) is 15.9 Å². The quantitative estimate of drug-likeness (QED) is 0.817. The van der Waals surface area contributed by atoms with Crippen LogP contribution in [0.5, 0.6) is 0 Å². The molecule has 2 aromatic carbocycles. The maximum absolute atomic E-state index is 13.3. The van der Waals surface area contributed by atoms with Crippen molar-refractivity contribution in [3.63, 3.8) is 0 Å². The summed E-state index contributed by atoms with van der Waals surface area (Å²) in [4.78, 5) is 11.9. The minimum atomic E-state index is -0.585. The highest BCUT2D eigenvalue weighted by Crippen LogP contribution is 2.19. The molecule has 98 valence electrons. The number of carbonyl (C=O) groups is 1. The van der Waals surface area contributed by atoms with E-state index in [0.717, 1.165) is 6.07 Å². The normalized spacial score (nSPS) is 10.3. The first kappa shape index (κ1) is 13.0. The van der Waals surface area contributed by atoms with Crippen LogP contribution in [0.25, 0.3) is 0 Å². The maximum atomic E-state index is 13.3. The Morgan fingerprint density at radius 1 is 1.16 bits per heavy atom. The Morgan fingerprint density at radius 2 is 1.89 bits per heavy atom. The van der Waals surface area contributed by atoms with Crippen molar-refractivity contribution in [3.8, 4) is 0 Å². The molecule has 0 bridgehead atoms. The van der Waals surface area contributed by atoms with Gasteiger partial charge in [0.1, 0.15) is 11.6 Å². The molecular formula is C14H12F2N2O. The second kappa shape index (κ2) is 5.06. The molecule has 0 aliphatic carbocycles. The monoisotopic (exact) mass is 262 g/mol. The zero-order valence-corrected chi connectivity index (χ0v) is 10.2. The van der Waals surface area contributed by atoms with E-state index in [1.807, 2.05) is 0 Å². The highest BCUT2D eigenvalue weighted by Gasteiger charge is 2.11. The third-order valence-electron chi connectivity index (χ3n) is 2.77. The van der Waals surface area contributed by atoms with Gasteiger partial charge in [0.2, 0.25) is 0 Å². The summed E-state index contributed by atoms with van der Waals surface area (Å²) < 4.78 is 26.3. The summed E-state index contributed by atoms with van der Waals surface area (Å²) in [6, 6.07) is 8.05.